The Morgan fingerprint density at radius 2 is 2.04 bits per heavy atom. The van der Waals surface area contributed by atoms with E-state index < -0.39 is 10.7 Å². The lowest BCUT2D eigenvalue weighted by atomic mass is 10.2. The fraction of sp³-hybridized carbons (Fsp3) is 0.200. The molecule has 0 amide bonds. The molecule has 2 aromatic heterocycles. The van der Waals surface area contributed by atoms with Crippen molar-refractivity contribution < 1.29 is 10.0 Å². The van der Waals surface area contributed by atoms with Crippen LogP contribution in [0.2, 0.25) is 0 Å². The first-order valence-corrected chi connectivity index (χ1v) is 7.35. The smallest absolute Gasteiger partial charge is 0.311 e. The van der Waals surface area contributed by atoms with E-state index in [9.17, 15) is 15.2 Å². The van der Waals surface area contributed by atoms with E-state index in [4.69, 9.17) is 0 Å². The van der Waals surface area contributed by atoms with E-state index >= 15 is 0 Å². The molecule has 0 unspecified atom stereocenters. The van der Waals surface area contributed by atoms with E-state index in [1.54, 1.807) is 11.6 Å². The summed E-state index contributed by atoms with van der Waals surface area (Å²) in [5.41, 5.74) is 1.51. The Kier molecular flexibility index (Phi) is 4.01. The number of aromatic nitrogens is 5. The number of nitro benzene ring substituents is 1. The second kappa shape index (κ2) is 6.15. The maximum atomic E-state index is 10.9. The number of nitro groups is 1. The van der Waals surface area contributed by atoms with Gasteiger partial charge in [0.15, 0.2) is 5.82 Å². The molecule has 0 aliphatic rings. The second-order valence-electron chi connectivity index (χ2n) is 5.41. The molecule has 0 aliphatic heterocycles. The van der Waals surface area contributed by atoms with Crippen molar-refractivity contribution in [3.63, 3.8) is 0 Å². The average Bonchev–Trinajstić information content (AvgIpc) is 3.07. The summed E-state index contributed by atoms with van der Waals surface area (Å²) in [4.78, 5) is 10.2. The van der Waals surface area contributed by atoms with Crippen molar-refractivity contribution in [3.8, 4) is 11.7 Å². The molecule has 0 saturated carbocycles. The number of nitrogens with zero attached hydrogens (tertiary/aromatic N) is 7. The molecule has 0 radical (unpaired) electrons. The minimum absolute atomic E-state index is 0.210. The molecule has 0 saturated heterocycles. The van der Waals surface area contributed by atoms with Crippen LogP contribution in [0.25, 0.3) is 5.95 Å². The van der Waals surface area contributed by atoms with Gasteiger partial charge in [0, 0.05) is 17.3 Å². The lowest BCUT2D eigenvalue weighted by molar-refractivity contribution is -0.385. The maximum Gasteiger partial charge on any atom is 0.311 e. The second-order valence-corrected chi connectivity index (χ2v) is 5.41. The van der Waals surface area contributed by atoms with Crippen LogP contribution in [0, 0.1) is 30.9 Å². The minimum atomic E-state index is -0.655. The highest BCUT2D eigenvalue weighted by Crippen LogP contribution is 2.28. The summed E-state index contributed by atoms with van der Waals surface area (Å²) < 4.78 is 3.04. The number of para-hydroxylation sites is 1. The fourth-order valence-electron chi connectivity index (χ4n) is 2.37. The van der Waals surface area contributed by atoms with Crippen LogP contribution in [0.1, 0.15) is 22.8 Å². The van der Waals surface area contributed by atoms with Crippen LogP contribution in [0.4, 0.5) is 5.69 Å². The summed E-state index contributed by atoms with van der Waals surface area (Å²) >= 11 is 0. The highest BCUT2D eigenvalue weighted by atomic mass is 16.6. The molecular weight excluding hydrogens is 326 g/mol. The van der Waals surface area contributed by atoms with Gasteiger partial charge in [-0.1, -0.05) is 6.07 Å². The van der Waals surface area contributed by atoms with Crippen molar-refractivity contribution in [3.05, 3.63) is 57.2 Å². The first-order valence-electron chi connectivity index (χ1n) is 7.35. The van der Waals surface area contributed by atoms with Crippen molar-refractivity contribution >= 4 is 11.9 Å². The molecule has 0 bridgehead atoms. The Balaban J connectivity index is 2.04. The van der Waals surface area contributed by atoms with Crippen LogP contribution in [0.5, 0.6) is 5.75 Å². The normalized spacial score (nSPS) is 11.3. The molecule has 10 heteroatoms. The third-order valence-electron chi connectivity index (χ3n) is 3.53. The van der Waals surface area contributed by atoms with Gasteiger partial charge in [-0.2, -0.15) is 14.9 Å². The standard InChI is InChI=1S/C15H15N7O3/c1-9-7-10(2)20(19-9)15-18-17-11(3)21(15)16-8-12-5-4-6-13(14(12)23)22(24)25/h4-8,23H,1-3H3/b16-8-. The van der Waals surface area contributed by atoms with Crippen LogP contribution in [0.3, 0.4) is 0 Å². The van der Waals surface area contributed by atoms with Crippen molar-refractivity contribution in [1.29, 1.82) is 0 Å². The number of aryl methyl sites for hydroxylation is 3. The van der Waals surface area contributed by atoms with Gasteiger partial charge in [-0.05, 0) is 32.9 Å². The minimum Gasteiger partial charge on any atom is -0.502 e. The summed E-state index contributed by atoms with van der Waals surface area (Å²) in [5.74, 6) is 0.433. The molecule has 10 nitrogen and oxygen atoms in total. The molecule has 0 aliphatic carbocycles. The average molecular weight is 341 g/mol. The zero-order chi connectivity index (χ0) is 18.1. The molecule has 0 fully saturated rings. The van der Waals surface area contributed by atoms with Gasteiger partial charge in [0.05, 0.1) is 16.8 Å². The molecule has 0 atom stereocenters. The summed E-state index contributed by atoms with van der Waals surface area (Å²) in [6.07, 6.45) is 1.31. The van der Waals surface area contributed by atoms with Gasteiger partial charge in [-0.3, -0.25) is 10.1 Å². The van der Waals surface area contributed by atoms with Crippen molar-refractivity contribution in [1.82, 2.24) is 24.7 Å². The maximum absolute atomic E-state index is 10.9. The number of hydrogen-bond acceptors (Lipinski definition) is 7. The van der Waals surface area contributed by atoms with Gasteiger partial charge in [0.2, 0.25) is 5.75 Å². The summed E-state index contributed by atoms with van der Waals surface area (Å²) in [5, 5.41) is 37.6. The first kappa shape index (κ1) is 16.3. The third-order valence-corrected chi connectivity index (χ3v) is 3.53. The monoisotopic (exact) mass is 341 g/mol. The number of rotatable bonds is 4. The molecule has 25 heavy (non-hydrogen) atoms. The Hall–Kier alpha value is -3.56. The van der Waals surface area contributed by atoms with Crippen LogP contribution < -0.4 is 0 Å². The summed E-state index contributed by atoms with van der Waals surface area (Å²) in [6.45, 7) is 5.46. The van der Waals surface area contributed by atoms with Gasteiger partial charge >= 0.3 is 5.69 Å². The number of phenolic OH excluding ortho intramolecular Hbond substituents is 1. The SMILES string of the molecule is Cc1cc(C)n(-c2nnc(C)n2/N=C\c2cccc([N+](=O)[O-])c2O)n1. The highest BCUT2D eigenvalue weighted by molar-refractivity contribution is 5.85. The number of benzene rings is 1. The molecule has 3 rings (SSSR count). The van der Waals surface area contributed by atoms with Crippen LogP contribution in [0.15, 0.2) is 29.4 Å². The lowest BCUT2D eigenvalue weighted by Gasteiger charge is -2.04. The zero-order valence-electron chi connectivity index (χ0n) is 13.8. The highest BCUT2D eigenvalue weighted by Gasteiger charge is 2.16. The molecule has 0 spiro atoms. The topological polar surface area (TPSA) is 124 Å². The summed E-state index contributed by atoms with van der Waals surface area (Å²) in [6, 6.07) is 6.11. The van der Waals surface area contributed by atoms with E-state index in [1.165, 1.54) is 29.1 Å². The molecule has 2 heterocycles. The van der Waals surface area contributed by atoms with Crippen molar-refractivity contribution in [2.75, 3.05) is 0 Å². The fourth-order valence-corrected chi connectivity index (χ4v) is 2.37. The quantitative estimate of drug-likeness (QED) is 0.439. The van der Waals surface area contributed by atoms with Crippen molar-refractivity contribution in [2.24, 2.45) is 5.10 Å². The Labute approximate surface area is 142 Å². The van der Waals surface area contributed by atoms with E-state index in [-0.39, 0.29) is 11.3 Å². The Morgan fingerprint density at radius 1 is 1.28 bits per heavy atom. The van der Waals surface area contributed by atoms with Gasteiger partial charge in [0.25, 0.3) is 5.95 Å². The number of aromatic hydroxyl groups is 1. The molecular formula is C15H15N7O3. The molecule has 1 aromatic carbocycles. The summed E-state index contributed by atoms with van der Waals surface area (Å²) in [7, 11) is 0. The first-order chi connectivity index (χ1) is 11.9. The third kappa shape index (κ3) is 2.96. The number of phenols is 1. The van der Waals surface area contributed by atoms with Crippen LogP contribution in [-0.2, 0) is 0 Å². The molecule has 1 N–H and O–H groups in total. The predicted molar refractivity (Wildman–Crippen MR) is 89.1 cm³/mol. The molecule has 3 aromatic rings. The van der Waals surface area contributed by atoms with E-state index in [1.807, 2.05) is 19.9 Å². The lowest BCUT2D eigenvalue weighted by Crippen LogP contribution is -2.08. The van der Waals surface area contributed by atoms with Gasteiger partial charge in [-0.15, -0.1) is 10.2 Å². The molecule has 128 valence electrons. The van der Waals surface area contributed by atoms with E-state index in [0.717, 1.165) is 11.4 Å². The Morgan fingerprint density at radius 3 is 2.68 bits per heavy atom. The van der Waals surface area contributed by atoms with Crippen LogP contribution in [-0.4, -0.2) is 40.9 Å². The Bertz CT molecular complexity index is 987. The van der Waals surface area contributed by atoms with Gasteiger partial charge in [0.1, 0.15) is 0 Å². The van der Waals surface area contributed by atoms with Gasteiger partial charge in [-0.25, -0.2) is 4.68 Å². The van der Waals surface area contributed by atoms with Gasteiger partial charge < -0.3 is 5.11 Å². The van der Waals surface area contributed by atoms with Crippen LogP contribution >= 0.6 is 0 Å². The zero-order valence-corrected chi connectivity index (χ0v) is 13.8. The van der Waals surface area contributed by atoms with E-state index in [0.29, 0.717) is 11.8 Å². The van der Waals surface area contributed by atoms with Crippen molar-refractivity contribution in [2.45, 2.75) is 20.8 Å². The predicted octanol–water partition coefficient (Wildman–Crippen LogP) is 1.89. The van der Waals surface area contributed by atoms with E-state index in [2.05, 4.69) is 20.4 Å². The largest absolute Gasteiger partial charge is 0.502 e. The number of hydrogen-bond donors (Lipinski definition) is 1.